The molecule has 0 fully saturated rings. The summed E-state index contributed by atoms with van der Waals surface area (Å²) in [6.07, 6.45) is 0. The average Bonchev–Trinajstić information content (AvgIpc) is 2.38. The Labute approximate surface area is 173 Å². The molecule has 0 amide bonds. The van der Waals surface area contributed by atoms with Gasteiger partial charge in [0.1, 0.15) is 0 Å². The Kier molecular flexibility index (Phi) is 8.34. The van der Waals surface area contributed by atoms with E-state index in [0.29, 0.717) is 0 Å². The van der Waals surface area contributed by atoms with Gasteiger partial charge in [0.25, 0.3) is 0 Å². The van der Waals surface area contributed by atoms with Gasteiger partial charge >= 0.3 is 71.6 Å². The lowest BCUT2D eigenvalue weighted by atomic mass is 11.6. The molecule has 0 aromatic heterocycles. The molecule has 0 aliphatic heterocycles. The summed E-state index contributed by atoms with van der Waals surface area (Å²) >= 11 is 0. The van der Waals surface area contributed by atoms with E-state index in [9.17, 15) is 86.4 Å². The molecule has 33 heavy (non-hydrogen) atoms. The molecule has 0 aliphatic carbocycles. The number of alkyl halides is 12. The number of hydrogen-bond donors (Lipinski definition) is 0. The summed E-state index contributed by atoms with van der Waals surface area (Å²) in [5.74, 6) is 0. The van der Waals surface area contributed by atoms with Crippen molar-refractivity contribution in [3.8, 4) is 0 Å². The molecule has 0 saturated carbocycles. The van der Waals surface area contributed by atoms with Gasteiger partial charge in [-0.1, -0.05) is 0 Å². The topological polar surface area (TPSA) is 173 Å². The van der Waals surface area contributed by atoms with Crippen molar-refractivity contribution >= 4 is 49.5 Å². The molecule has 0 rings (SSSR count). The van der Waals surface area contributed by atoms with E-state index in [2.05, 4.69) is 15.5 Å². The predicted octanol–water partition coefficient (Wildman–Crippen LogP) is 0.887. The van der Waals surface area contributed by atoms with Crippen molar-refractivity contribution in [3.05, 3.63) is 0 Å². The van der Waals surface area contributed by atoms with E-state index in [1.807, 2.05) is 0 Å². The zero-order chi connectivity index (χ0) is 27.3. The van der Waals surface area contributed by atoms with E-state index >= 15 is 0 Å². The first-order valence-corrected chi connectivity index (χ1v) is 13.2. The Morgan fingerprint density at radius 1 is 0.364 bits per heavy atom. The van der Waals surface area contributed by atoms with E-state index < -0.39 is 71.6 Å². The molecule has 0 aliphatic rings. The van der Waals surface area contributed by atoms with Crippen molar-refractivity contribution in [2.24, 2.45) is 0 Å². The van der Waals surface area contributed by atoms with E-state index in [1.165, 1.54) is 0 Å². The lowest BCUT2D eigenvalue weighted by molar-refractivity contribution is -0.0651. The molecule has 0 saturated heterocycles. The van der Waals surface area contributed by atoms with Crippen LogP contribution in [0.25, 0.3) is 0 Å². The Morgan fingerprint density at radius 2 is 0.485 bits per heavy atom. The van der Waals surface area contributed by atoms with E-state index in [-0.39, 0.29) is 0 Å². The van der Waals surface area contributed by atoms with Gasteiger partial charge in [0.05, 0.1) is 0 Å². The van der Waals surface area contributed by atoms with Crippen LogP contribution in [0.15, 0.2) is 0 Å². The van der Waals surface area contributed by atoms with Gasteiger partial charge in [-0.3, -0.25) is 0 Å². The summed E-state index contributed by atoms with van der Waals surface area (Å²) in [6, 6.07) is 0. The molecule has 0 radical (unpaired) electrons. The minimum absolute atomic E-state index is 2.27. The summed E-state index contributed by atoms with van der Waals surface area (Å²) in [5.41, 5.74) is -28.5. The molecule has 0 atom stereocenters. The predicted molar refractivity (Wildman–Crippen MR) is 70.0 cm³/mol. The first kappa shape index (κ1) is 32.0. The standard InChI is InChI=1S/C4F12O12S4Si/c5-1(6,7)29(17,18)25-33(26-30(19,20)2(8,9)10,27-31(21,22)3(11,12)13)28-32(23,24)4(14,15)16. The quantitative estimate of drug-likeness (QED) is 0.212. The van der Waals surface area contributed by atoms with Crippen LogP contribution in [-0.2, 0) is 56.0 Å². The zero-order valence-electron chi connectivity index (χ0n) is 13.6. The van der Waals surface area contributed by atoms with Crippen LogP contribution in [0.2, 0.25) is 0 Å². The molecule has 0 bridgehead atoms. The Hall–Kier alpha value is -0.983. The normalized spacial score (nSPS) is 16.1. The van der Waals surface area contributed by atoms with Crippen LogP contribution >= 0.6 is 0 Å². The monoisotopic (exact) mass is 624 g/mol. The van der Waals surface area contributed by atoms with Crippen molar-refractivity contribution in [2.45, 2.75) is 22.0 Å². The Balaban J connectivity index is 7.45. The fraction of sp³-hybridized carbons (Fsp3) is 1.00. The minimum atomic E-state index is -9.01. The van der Waals surface area contributed by atoms with Crippen LogP contribution in [0.5, 0.6) is 0 Å². The summed E-state index contributed by atoms with van der Waals surface area (Å²) in [7, 11) is -41.1. The maximum absolute atomic E-state index is 12.4. The zero-order valence-corrected chi connectivity index (χ0v) is 17.8. The molecular formula is C4F12O12S4Si. The van der Waals surface area contributed by atoms with Gasteiger partial charge in [-0.05, 0) is 0 Å². The summed E-state index contributed by atoms with van der Waals surface area (Å²) in [6.45, 7) is 0. The molecule has 12 nitrogen and oxygen atoms in total. The third kappa shape index (κ3) is 7.50. The SMILES string of the molecule is O=S(=O)(O[Si](OS(=O)(=O)C(F)(F)F)(OS(=O)(=O)C(F)(F)F)OS(=O)(=O)C(F)(F)F)C(F)(F)F. The molecular weight excluding hydrogens is 624 g/mol. The van der Waals surface area contributed by atoms with Crippen molar-refractivity contribution in [1.82, 2.24) is 0 Å². The third-order valence-electron chi connectivity index (χ3n) is 1.98. The highest BCUT2D eigenvalue weighted by atomic mass is 32.2. The van der Waals surface area contributed by atoms with Crippen LogP contribution < -0.4 is 0 Å². The summed E-state index contributed by atoms with van der Waals surface area (Å²) < 4.78 is 245. The molecule has 0 aromatic carbocycles. The van der Waals surface area contributed by atoms with Crippen LogP contribution in [0.1, 0.15) is 0 Å². The van der Waals surface area contributed by atoms with Gasteiger partial charge in [0.2, 0.25) is 0 Å². The highest BCUT2D eigenvalue weighted by Crippen LogP contribution is 2.39. The fourth-order valence-corrected chi connectivity index (χ4v) is 8.79. The highest BCUT2D eigenvalue weighted by molar-refractivity contribution is 7.93. The van der Waals surface area contributed by atoms with Crippen LogP contribution in [-0.4, -0.2) is 64.8 Å². The minimum Gasteiger partial charge on any atom is -0.226 e. The molecule has 200 valence electrons. The molecule has 0 aromatic rings. The first-order chi connectivity index (χ1) is 13.8. The van der Waals surface area contributed by atoms with Crippen molar-refractivity contribution in [2.75, 3.05) is 0 Å². The second-order valence-electron chi connectivity index (χ2n) is 4.43. The molecule has 0 heterocycles. The summed E-state index contributed by atoms with van der Waals surface area (Å²) in [4.78, 5) is 0. The second-order valence-corrected chi connectivity index (χ2v) is 13.6. The molecule has 0 spiro atoms. The fourth-order valence-electron chi connectivity index (χ4n) is 0.810. The number of rotatable bonds is 8. The lowest BCUT2D eigenvalue weighted by Crippen LogP contribution is -2.59. The van der Waals surface area contributed by atoms with Crippen molar-refractivity contribution < 1.29 is 102 Å². The van der Waals surface area contributed by atoms with Gasteiger partial charge in [-0.25, -0.2) is 15.5 Å². The third-order valence-corrected chi connectivity index (χ3v) is 11.0. The van der Waals surface area contributed by atoms with Gasteiger partial charge in [-0.2, -0.15) is 86.4 Å². The van der Waals surface area contributed by atoms with E-state index in [4.69, 9.17) is 0 Å². The lowest BCUT2D eigenvalue weighted by Gasteiger charge is -2.26. The average molecular weight is 624 g/mol. The highest BCUT2D eigenvalue weighted by Gasteiger charge is 2.72. The maximum atomic E-state index is 12.4. The largest absolute Gasteiger partial charge is 0.740 e. The summed E-state index contributed by atoms with van der Waals surface area (Å²) in [5, 5.41) is 0. The smallest absolute Gasteiger partial charge is 0.226 e. The van der Waals surface area contributed by atoms with Gasteiger partial charge < -0.3 is 0 Å². The number of hydrogen-bond acceptors (Lipinski definition) is 12. The first-order valence-electron chi connectivity index (χ1n) is 5.90. The van der Waals surface area contributed by atoms with Crippen LogP contribution in [0.3, 0.4) is 0 Å². The van der Waals surface area contributed by atoms with E-state index in [0.717, 1.165) is 0 Å². The Morgan fingerprint density at radius 3 is 0.576 bits per heavy atom. The van der Waals surface area contributed by atoms with Gasteiger partial charge in [0.15, 0.2) is 0 Å². The second kappa shape index (κ2) is 8.60. The van der Waals surface area contributed by atoms with Crippen molar-refractivity contribution in [1.29, 1.82) is 0 Å². The Bertz CT molecular complexity index is 963. The van der Waals surface area contributed by atoms with Crippen LogP contribution in [0.4, 0.5) is 52.7 Å². The van der Waals surface area contributed by atoms with Gasteiger partial charge in [0, 0.05) is 0 Å². The van der Waals surface area contributed by atoms with E-state index in [1.54, 1.807) is 0 Å². The number of halogens is 12. The van der Waals surface area contributed by atoms with Crippen molar-refractivity contribution in [3.63, 3.8) is 0 Å². The molecule has 0 unspecified atom stereocenters. The molecule has 0 N–H and O–H groups in total. The maximum Gasteiger partial charge on any atom is 0.740 e. The van der Waals surface area contributed by atoms with Crippen LogP contribution in [0, 0.1) is 0 Å². The van der Waals surface area contributed by atoms with Gasteiger partial charge in [-0.15, -0.1) is 0 Å². The molecule has 29 heteroatoms.